The summed E-state index contributed by atoms with van der Waals surface area (Å²) in [6.07, 6.45) is 7.14. The number of nitrogens with zero attached hydrogens (tertiary/aromatic N) is 4. The molecule has 7 nitrogen and oxygen atoms in total. The zero-order valence-electron chi connectivity index (χ0n) is 15.8. The van der Waals surface area contributed by atoms with E-state index in [1.54, 1.807) is 12.4 Å². The zero-order chi connectivity index (χ0) is 18.9. The third kappa shape index (κ3) is 3.22. The average Bonchev–Trinajstić information content (AvgIpc) is 2.75. The van der Waals surface area contributed by atoms with Crippen molar-refractivity contribution in [3.63, 3.8) is 0 Å². The van der Waals surface area contributed by atoms with E-state index in [4.69, 9.17) is 0 Å². The second-order valence-electron chi connectivity index (χ2n) is 7.54. The predicted molar refractivity (Wildman–Crippen MR) is 111 cm³/mol. The fraction of sp³-hybridized carbons (Fsp3) is 0.381. The maximum atomic E-state index is 12.4. The summed E-state index contributed by atoms with van der Waals surface area (Å²) in [6.45, 7) is 5.68. The number of aromatic amines is 1. The second-order valence-corrected chi connectivity index (χ2v) is 7.54. The number of fused-ring (bicyclic) bond motifs is 3. The molecule has 1 aromatic carbocycles. The van der Waals surface area contributed by atoms with Crippen LogP contribution in [0.25, 0.3) is 10.9 Å². The summed E-state index contributed by atoms with van der Waals surface area (Å²) in [4.78, 5) is 28.8. The Kier molecular flexibility index (Phi) is 4.44. The van der Waals surface area contributed by atoms with Gasteiger partial charge in [-0.2, -0.15) is 0 Å². The predicted octanol–water partition coefficient (Wildman–Crippen LogP) is 2.00. The van der Waals surface area contributed by atoms with Crippen LogP contribution in [-0.2, 0) is 13.0 Å². The van der Waals surface area contributed by atoms with Gasteiger partial charge in [-0.3, -0.25) is 14.7 Å². The minimum atomic E-state index is 0.0458. The molecular weight excluding hydrogens is 352 g/mol. The van der Waals surface area contributed by atoms with Crippen molar-refractivity contribution in [1.82, 2.24) is 19.9 Å². The van der Waals surface area contributed by atoms with E-state index in [9.17, 15) is 4.79 Å². The lowest BCUT2D eigenvalue weighted by atomic mass is 10.0. The van der Waals surface area contributed by atoms with Gasteiger partial charge in [0.1, 0.15) is 5.82 Å². The molecule has 3 aromatic rings. The molecule has 2 aromatic heterocycles. The number of nitrogens with one attached hydrogen (secondary N) is 2. The minimum absolute atomic E-state index is 0.0458. The van der Waals surface area contributed by atoms with Gasteiger partial charge < -0.3 is 15.2 Å². The first-order valence-corrected chi connectivity index (χ1v) is 9.93. The third-order valence-corrected chi connectivity index (χ3v) is 5.73. The van der Waals surface area contributed by atoms with Crippen molar-refractivity contribution >= 4 is 22.4 Å². The Morgan fingerprint density at radius 2 is 2.00 bits per heavy atom. The fourth-order valence-corrected chi connectivity index (χ4v) is 4.25. The number of piperazine rings is 1. The van der Waals surface area contributed by atoms with E-state index >= 15 is 0 Å². The number of aromatic nitrogens is 3. The summed E-state index contributed by atoms with van der Waals surface area (Å²) < 4.78 is 0. The van der Waals surface area contributed by atoms with Gasteiger partial charge in [0.15, 0.2) is 0 Å². The van der Waals surface area contributed by atoms with E-state index < -0.39 is 0 Å². The normalized spacial score (nSPS) is 17.4. The molecule has 0 saturated carbocycles. The van der Waals surface area contributed by atoms with Crippen LogP contribution in [0.1, 0.15) is 17.5 Å². The summed E-state index contributed by atoms with van der Waals surface area (Å²) in [5, 5.41) is 4.54. The highest BCUT2D eigenvalue weighted by atomic mass is 16.1. The van der Waals surface area contributed by atoms with Crippen molar-refractivity contribution in [2.24, 2.45) is 0 Å². The summed E-state index contributed by atoms with van der Waals surface area (Å²) in [5.41, 5.74) is 4.12. The maximum Gasteiger partial charge on any atom is 0.253 e. The van der Waals surface area contributed by atoms with Crippen molar-refractivity contribution in [2.45, 2.75) is 19.4 Å². The van der Waals surface area contributed by atoms with Gasteiger partial charge in [-0.05, 0) is 24.5 Å². The van der Waals surface area contributed by atoms with Gasteiger partial charge in [0.2, 0.25) is 0 Å². The van der Waals surface area contributed by atoms with E-state index in [-0.39, 0.29) is 5.56 Å². The molecule has 0 spiro atoms. The monoisotopic (exact) mass is 376 g/mol. The van der Waals surface area contributed by atoms with E-state index in [1.807, 2.05) is 6.20 Å². The fourth-order valence-electron chi connectivity index (χ4n) is 4.25. The second kappa shape index (κ2) is 7.24. The van der Waals surface area contributed by atoms with E-state index in [2.05, 4.69) is 48.3 Å². The van der Waals surface area contributed by atoms with E-state index in [1.165, 1.54) is 5.56 Å². The molecule has 0 bridgehead atoms. The molecule has 7 heteroatoms. The van der Waals surface area contributed by atoms with Crippen molar-refractivity contribution in [3.8, 4) is 0 Å². The Bertz CT molecular complexity index is 1040. The number of rotatable bonds is 3. The molecule has 0 aliphatic carbocycles. The molecule has 1 fully saturated rings. The SMILES string of the molecule is O=c1[nH]c2cc(CN3CCN(c4cnccn4)CC3)ccc2c2c1CCCN2. The van der Waals surface area contributed by atoms with E-state index in [0.717, 1.165) is 80.1 Å². The van der Waals surface area contributed by atoms with Crippen molar-refractivity contribution in [3.05, 3.63) is 58.3 Å². The molecule has 2 N–H and O–H groups in total. The number of hydrogen-bond donors (Lipinski definition) is 2. The van der Waals surface area contributed by atoms with Gasteiger partial charge >= 0.3 is 0 Å². The molecular formula is C21H24N6O. The molecule has 2 aliphatic heterocycles. The molecule has 144 valence electrons. The summed E-state index contributed by atoms with van der Waals surface area (Å²) in [6, 6.07) is 6.46. The lowest BCUT2D eigenvalue weighted by Crippen LogP contribution is -2.46. The lowest BCUT2D eigenvalue weighted by Gasteiger charge is -2.35. The third-order valence-electron chi connectivity index (χ3n) is 5.73. The summed E-state index contributed by atoms with van der Waals surface area (Å²) >= 11 is 0. The van der Waals surface area contributed by atoms with Crippen LogP contribution in [0.4, 0.5) is 11.5 Å². The Morgan fingerprint density at radius 1 is 1.11 bits per heavy atom. The maximum absolute atomic E-state index is 12.4. The van der Waals surface area contributed by atoms with Crippen LogP contribution < -0.4 is 15.8 Å². The minimum Gasteiger partial charge on any atom is -0.384 e. The molecule has 1 saturated heterocycles. The van der Waals surface area contributed by atoms with Crippen molar-refractivity contribution in [1.29, 1.82) is 0 Å². The zero-order valence-corrected chi connectivity index (χ0v) is 15.8. The smallest absolute Gasteiger partial charge is 0.253 e. The molecule has 28 heavy (non-hydrogen) atoms. The Morgan fingerprint density at radius 3 is 2.82 bits per heavy atom. The number of hydrogen-bond acceptors (Lipinski definition) is 6. The highest BCUT2D eigenvalue weighted by Crippen LogP contribution is 2.28. The first-order chi connectivity index (χ1) is 13.8. The Labute approximate surface area is 163 Å². The van der Waals surface area contributed by atoms with Gasteiger partial charge in [-0.25, -0.2) is 4.98 Å². The van der Waals surface area contributed by atoms with Crippen LogP contribution in [0, 0.1) is 0 Å². The molecule has 4 heterocycles. The number of benzene rings is 1. The van der Waals surface area contributed by atoms with Crippen LogP contribution in [0.15, 0.2) is 41.6 Å². The van der Waals surface area contributed by atoms with Gasteiger partial charge in [-0.1, -0.05) is 12.1 Å². The van der Waals surface area contributed by atoms with Crippen LogP contribution in [0.5, 0.6) is 0 Å². The first kappa shape index (κ1) is 17.2. The quantitative estimate of drug-likeness (QED) is 0.728. The molecule has 0 unspecified atom stereocenters. The van der Waals surface area contributed by atoms with Gasteiger partial charge in [0, 0.05) is 62.6 Å². The van der Waals surface area contributed by atoms with Crippen LogP contribution >= 0.6 is 0 Å². The number of anilines is 2. The van der Waals surface area contributed by atoms with Crippen molar-refractivity contribution in [2.75, 3.05) is 42.9 Å². The molecule has 0 amide bonds. The van der Waals surface area contributed by atoms with Gasteiger partial charge in [-0.15, -0.1) is 0 Å². The number of H-pyrrole nitrogens is 1. The first-order valence-electron chi connectivity index (χ1n) is 9.93. The Hall–Kier alpha value is -2.93. The van der Waals surface area contributed by atoms with Crippen LogP contribution in [0.3, 0.4) is 0 Å². The van der Waals surface area contributed by atoms with Gasteiger partial charge in [0.25, 0.3) is 5.56 Å². The van der Waals surface area contributed by atoms with Gasteiger partial charge in [0.05, 0.1) is 17.4 Å². The van der Waals surface area contributed by atoms with Crippen molar-refractivity contribution < 1.29 is 0 Å². The highest BCUT2D eigenvalue weighted by Gasteiger charge is 2.19. The average molecular weight is 376 g/mol. The van der Waals surface area contributed by atoms with Crippen LogP contribution in [-0.4, -0.2) is 52.6 Å². The van der Waals surface area contributed by atoms with Crippen LogP contribution in [0.2, 0.25) is 0 Å². The molecule has 0 atom stereocenters. The Balaban J connectivity index is 1.32. The summed E-state index contributed by atoms with van der Waals surface area (Å²) in [7, 11) is 0. The summed E-state index contributed by atoms with van der Waals surface area (Å²) in [5.74, 6) is 0.947. The lowest BCUT2D eigenvalue weighted by molar-refractivity contribution is 0.249. The topological polar surface area (TPSA) is 77.2 Å². The standard InChI is InChI=1S/C21H24N6O/c28-21-17-2-1-5-24-20(17)16-4-3-15(12-18(16)25-21)14-26-8-10-27(11-9-26)19-13-22-6-7-23-19/h3-4,6-7,12-13,24H,1-2,5,8-11,14H2,(H,25,28). The number of pyridine rings is 1. The highest BCUT2D eigenvalue weighted by molar-refractivity contribution is 5.93. The molecule has 2 aliphatic rings. The largest absolute Gasteiger partial charge is 0.384 e. The molecule has 5 rings (SSSR count). The van der Waals surface area contributed by atoms with E-state index in [0.29, 0.717) is 0 Å². The molecule has 0 radical (unpaired) electrons.